The van der Waals surface area contributed by atoms with Gasteiger partial charge in [-0.05, 0) is 25.0 Å². The molecule has 5 nitrogen and oxygen atoms in total. The first-order valence-corrected chi connectivity index (χ1v) is 6.67. The number of ether oxygens (including phenoxy) is 1. The van der Waals surface area contributed by atoms with Gasteiger partial charge < -0.3 is 20.5 Å². The van der Waals surface area contributed by atoms with E-state index in [0.717, 1.165) is 12.1 Å². The highest BCUT2D eigenvalue weighted by Crippen LogP contribution is 2.17. The molecule has 1 rings (SSSR count). The van der Waals surface area contributed by atoms with Crippen molar-refractivity contribution in [1.29, 1.82) is 0 Å². The maximum absolute atomic E-state index is 13.2. The van der Waals surface area contributed by atoms with Crippen molar-refractivity contribution < 1.29 is 23.4 Å². The molecule has 3 N–H and O–H groups in total. The lowest BCUT2D eigenvalue weighted by molar-refractivity contribution is 0.199. The van der Waals surface area contributed by atoms with E-state index < -0.39 is 17.7 Å². The molecule has 2 amide bonds. The van der Waals surface area contributed by atoms with Crippen LogP contribution in [-0.4, -0.2) is 36.9 Å². The number of halogens is 2. The van der Waals surface area contributed by atoms with Crippen LogP contribution in [0.5, 0.6) is 5.75 Å². The summed E-state index contributed by atoms with van der Waals surface area (Å²) in [6.07, 6.45) is 0. The molecule has 0 aliphatic carbocycles. The molecule has 0 bridgehead atoms. The van der Waals surface area contributed by atoms with Crippen molar-refractivity contribution in [1.82, 2.24) is 10.6 Å². The van der Waals surface area contributed by atoms with Crippen LogP contribution in [-0.2, 0) is 0 Å². The van der Waals surface area contributed by atoms with E-state index in [0.29, 0.717) is 0 Å². The maximum Gasteiger partial charge on any atom is 0.315 e. The first-order chi connectivity index (χ1) is 9.93. The molecule has 0 saturated carbocycles. The number of hydrogen-bond acceptors (Lipinski definition) is 3. The van der Waals surface area contributed by atoms with Crippen LogP contribution in [0.2, 0.25) is 0 Å². The molecule has 0 aliphatic heterocycles. The number of aliphatic hydroxyl groups is 1. The second-order valence-corrected chi connectivity index (χ2v) is 4.77. The van der Waals surface area contributed by atoms with Gasteiger partial charge in [0.1, 0.15) is 12.4 Å². The number of nitrogens with one attached hydrogen (secondary N) is 2. The Morgan fingerprint density at radius 2 is 2.10 bits per heavy atom. The van der Waals surface area contributed by atoms with Gasteiger partial charge in [0.25, 0.3) is 0 Å². The molecule has 0 heterocycles. The number of carbonyl (C=O) groups is 1. The van der Waals surface area contributed by atoms with Crippen molar-refractivity contribution in [2.24, 2.45) is 5.92 Å². The summed E-state index contributed by atoms with van der Waals surface area (Å²) in [5, 5.41) is 14.1. The standard InChI is InChI=1S/C14H20F2N2O3/c1-9(8-19)10(2)18-14(20)17-5-6-21-13-4-3-11(15)7-12(13)16/h3-4,7,9-10,19H,5-6,8H2,1-2H3,(H2,17,18,20). The van der Waals surface area contributed by atoms with Gasteiger partial charge in [0, 0.05) is 18.7 Å². The van der Waals surface area contributed by atoms with Crippen molar-refractivity contribution in [3.8, 4) is 5.75 Å². The molecule has 1 aromatic rings. The summed E-state index contributed by atoms with van der Waals surface area (Å²) in [5.41, 5.74) is 0. The normalized spacial score (nSPS) is 13.4. The lowest BCUT2D eigenvalue weighted by atomic mass is 10.1. The average Bonchev–Trinajstić information content (AvgIpc) is 2.44. The summed E-state index contributed by atoms with van der Waals surface area (Å²) in [6, 6.07) is 2.44. The fraction of sp³-hybridized carbons (Fsp3) is 0.500. The Kier molecular flexibility index (Phi) is 6.87. The second kappa shape index (κ2) is 8.41. The number of hydrogen-bond donors (Lipinski definition) is 3. The first kappa shape index (κ1) is 17.2. The molecule has 21 heavy (non-hydrogen) atoms. The Morgan fingerprint density at radius 3 is 2.71 bits per heavy atom. The molecule has 0 aliphatic rings. The van der Waals surface area contributed by atoms with E-state index in [1.54, 1.807) is 6.92 Å². The van der Waals surface area contributed by atoms with E-state index in [1.165, 1.54) is 6.07 Å². The van der Waals surface area contributed by atoms with Crippen molar-refractivity contribution >= 4 is 6.03 Å². The van der Waals surface area contributed by atoms with Gasteiger partial charge in [0.2, 0.25) is 0 Å². The van der Waals surface area contributed by atoms with Gasteiger partial charge in [-0.15, -0.1) is 0 Å². The van der Waals surface area contributed by atoms with E-state index in [4.69, 9.17) is 9.84 Å². The zero-order valence-corrected chi connectivity index (χ0v) is 12.0. The molecule has 0 radical (unpaired) electrons. The quantitative estimate of drug-likeness (QED) is 0.671. The Bertz CT molecular complexity index is 472. The topological polar surface area (TPSA) is 70.6 Å². The molecule has 0 saturated heterocycles. The molecule has 118 valence electrons. The highest BCUT2D eigenvalue weighted by molar-refractivity contribution is 5.74. The predicted octanol–water partition coefficient (Wildman–Crippen LogP) is 1.66. The molecule has 2 unspecified atom stereocenters. The monoisotopic (exact) mass is 302 g/mol. The van der Waals surface area contributed by atoms with Crippen LogP contribution in [0.1, 0.15) is 13.8 Å². The van der Waals surface area contributed by atoms with Crippen molar-refractivity contribution in [2.75, 3.05) is 19.8 Å². The van der Waals surface area contributed by atoms with Crippen LogP contribution in [0, 0.1) is 17.6 Å². The van der Waals surface area contributed by atoms with Gasteiger partial charge in [0.15, 0.2) is 11.6 Å². The number of urea groups is 1. The van der Waals surface area contributed by atoms with Crippen LogP contribution < -0.4 is 15.4 Å². The van der Waals surface area contributed by atoms with E-state index in [-0.39, 0.29) is 37.5 Å². The van der Waals surface area contributed by atoms with Gasteiger partial charge in [-0.3, -0.25) is 0 Å². The number of carbonyl (C=O) groups excluding carboxylic acids is 1. The number of amides is 2. The van der Waals surface area contributed by atoms with Crippen LogP contribution in [0.25, 0.3) is 0 Å². The minimum Gasteiger partial charge on any atom is -0.489 e. The second-order valence-electron chi connectivity index (χ2n) is 4.77. The highest BCUT2D eigenvalue weighted by Gasteiger charge is 2.13. The van der Waals surface area contributed by atoms with Crippen molar-refractivity contribution in [3.63, 3.8) is 0 Å². The van der Waals surface area contributed by atoms with Crippen LogP contribution in [0.3, 0.4) is 0 Å². The first-order valence-electron chi connectivity index (χ1n) is 6.67. The molecule has 0 aromatic heterocycles. The minimum absolute atomic E-state index is 0.0194. The SMILES string of the molecule is CC(CO)C(C)NC(=O)NCCOc1ccc(F)cc1F. The Hall–Kier alpha value is -1.89. The van der Waals surface area contributed by atoms with E-state index in [2.05, 4.69) is 10.6 Å². The van der Waals surface area contributed by atoms with Gasteiger partial charge in [-0.1, -0.05) is 6.92 Å². The largest absolute Gasteiger partial charge is 0.489 e. The van der Waals surface area contributed by atoms with E-state index in [9.17, 15) is 13.6 Å². The third kappa shape index (κ3) is 5.95. The zero-order valence-electron chi connectivity index (χ0n) is 12.0. The number of aliphatic hydroxyl groups excluding tert-OH is 1. The summed E-state index contributed by atoms with van der Waals surface area (Å²) >= 11 is 0. The van der Waals surface area contributed by atoms with E-state index >= 15 is 0 Å². The Morgan fingerprint density at radius 1 is 1.38 bits per heavy atom. The zero-order chi connectivity index (χ0) is 15.8. The predicted molar refractivity (Wildman–Crippen MR) is 74.1 cm³/mol. The fourth-order valence-electron chi connectivity index (χ4n) is 1.48. The number of benzene rings is 1. The van der Waals surface area contributed by atoms with Crippen molar-refractivity contribution in [2.45, 2.75) is 19.9 Å². The fourth-order valence-corrected chi connectivity index (χ4v) is 1.48. The van der Waals surface area contributed by atoms with Gasteiger partial charge >= 0.3 is 6.03 Å². The van der Waals surface area contributed by atoms with Crippen LogP contribution in [0.15, 0.2) is 18.2 Å². The van der Waals surface area contributed by atoms with Gasteiger partial charge in [-0.25, -0.2) is 13.6 Å². The lowest BCUT2D eigenvalue weighted by Crippen LogP contribution is -2.45. The molecule has 0 spiro atoms. The van der Waals surface area contributed by atoms with E-state index in [1.807, 2.05) is 6.92 Å². The molecule has 2 atom stereocenters. The number of rotatable bonds is 7. The molecule has 7 heteroatoms. The van der Waals surface area contributed by atoms with Gasteiger partial charge in [0.05, 0.1) is 6.54 Å². The van der Waals surface area contributed by atoms with Gasteiger partial charge in [-0.2, -0.15) is 0 Å². The highest BCUT2D eigenvalue weighted by atomic mass is 19.1. The van der Waals surface area contributed by atoms with Crippen LogP contribution >= 0.6 is 0 Å². The molecular weight excluding hydrogens is 282 g/mol. The average molecular weight is 302 g/mol. The summed E-state index contributed by atoms with van der Waals surface area (Å²) in [5.74, 6) is -1.59. The maximum atomic E-state index is 13.2. The summed E-state index contributed by atoms with van der Waals surface area (Å²) < 4.78 is 31.0. The summed E-state index contributed by atoms with van der Waals surface area (Å²) in [4.78, 5) is 11.5. The Labute approximate surface area is 122 Å². The summed E-state index contributed by atoms with van der Waals surface area (Å²) in [7, 11) is 0. The van der Waals surface area contributed by atoms with Crippen LogP contribution in [0.4, 0.5) is 13.6 Å². The lowest BCUT2D eigenvalue weighted by Gasteiger charge is -2.19. The van der Waals surface area contributed by atoms with Crippen molar-refractivity contribution in [3.05, 3.63) is 29.8 Å². The third-order valence-corrected chi connectivity index (χ3v) is 3.04. The minimum atomic E-state index is -0.787. The summed E-state index contributed by atoms with van der Waals surface area (Å²) in [6.45, 7) is 3.80. The third-order valence-electron chi connectivity index (χ3n) is 3.04. The smallest absolute Gasteiger partial charge is 0.315 e. The Balaban J connectivity index is 2.26. The molecule has 1 aromatic carbocycles. The molecular formula is C14H20F2N2O3. The molecule has 0 fully saturated rings.